The number of rotatable bonds is 3. The lowest BCUT2D eigenvalue weighted by Crippen LogP contribution is -2.25. The molecule has 3 aromatic rings. The number of aromatic amines is 1. The third-order valence-corrected chi connectivity index (χ3v) is 3.45. The summed E-state index contributed by atoms with van der Waals surface area (Å²) < 4.78 is 15.1. The highest BCUT2D eigenvalue weighted by atomic mass is 19.1. The molecule has 116 valence electrons. The van der Waals surface area contributed by atoms with Crippen molar-refractivity contribution in [3.63, 3.8) is 0 Å². The third-order valence-electron chi connectivity index (χ3n) is 3.45. The SMILES string of the molecule is Cn1c(C(=O)Nc2cn[nH]c2-c2ccccc2F)cccc1=O. The highest BCUT2D eigenvalue weighted by molar-refractivity contribution is 6.04. The number of H-pyrrole nitrogens is 1. The zero-order valence-electron chi connectivity index (χ0n) is 12.2. The van der Waals surface area contributed by atoms with Crippen molar-refractivity contribution in [1.82, 2.24) is 14.8 Å². The van der Waals surface area contributed by atoms with Gasteiger partial charge in [-0.3, -0.25) is 14.7 Å². The van der Waals surface area contributed by atoms with E-state index >= 15 is 0 Å². The van der Waals surface area contributed by atoms with Crippen LogP contribution in [0.2, 0.25) is 0 Å². The molecule has 6 nitrogen and oxygen atoms in total. The fourth-order valence-corrected chi connectivity index (χ4v) is 2.23. The van der Waals surface area contributed by atoms with Crippen LogP contribution in [-0.4, -0.2) is 20.7 Å². The molecule has 0 aliphatic rings. The second kappa shape index (κ2) is 5.88. The topological polar surface area (TPSA) is 79.8 Å². The molecule has 0 radical (unpaired) electrons. The molecule has 2 aromatic heterocycles. The zero-order chi connectivity index (χ0) is 16.4. The van der Waals surface area contributed by atoms with Crippen LogP contribution in [0.15, 0.2) is 53.5 Å². The van der Waals surface area contributed by atoms with E-state index in [1.807, 2.05) is 0 Å². The first-order valence-electron chi connectivity index (χ1n) is 6.83. The summed E-state index contributed by atoms with van der Waals surface area (Å²) in [6, 6.07) is 10.6. The molecule has 0 spiro atoms. The summed E-state index contributed by atoms with van der Waals surface area (Å²) in [5.41, 5.74) is 0.883. The predicted molar refractivity (Wildman–Crippen MR) is 83.6 cm³/mol. The van der Waals surface area contributed by atoms with Gasteiger partial charge >= 0.3 is 0 Å². The molecule has 23 heavy (non-hydrogen) atoms. The van der Waals surface area contributed by atoms with Crippen LogP contribution >= 0.6 is 0 Å². The molecule has 7 heteroatoms. The Bertz CT molecular complexity index is 930. The minimum absolute atomic E-state index is 0.193. The number of aromatic nitrogens is 3. The molecule has 0 fully saturated rings. The zero-order valence-corrected chi connectivity index (χ0v) is 12.2. The molecule has 1 aromatic carbocycles. The molecule has 2 heterocycles. The maximum atomic E-state index is 13.9. The van der Waals surface area contributed by atoms with Gasteiger partial charge in [-0.15, -0.1) is 0 Å². The van der Waals surface area contributed by atoms with Gasteiger partial charge in [0.05, 0.1) is 17.6 Å². The maximum absolute atomic E-state index is 13.9. The number of nitrogens with one attached hydrogen (secondary N) is 2. The van der Waals surface area contributed by atoms with Gasteiger partial charge in [0.15, 0.2) is 0 Å². The average molecular weight is 312 g/mol. The Morgan fingerprint density at radius 1 is 1.22 bits per heavy atom. The Hall–Kier alpha value is -3.22. The Morgan fingerprint density at radius 3 is 2.78 bits per heavy atom. The standard InChI is InChI=1S/C16H13FN4O2/c1-21-13(7-4-8-14(21)22)16(23)19-12-9-18-20-15(12)10-5-2-3-6-11(10)17/h2-9H,1H3,(H,18,20)(H,19,23). The van der Waals surface area contributed by atoms with E-state index in [1.54, 1.807) is 18.2 Å². The monoisotopic (exact) mass is 312 g/mol. The van der Waals surface area contributed by atoms with Crippen molar-refractivity contribution in [2.24, 2.45) is 7.05 Å². The van der Waals surface area contributed by atoms with Crippen molar-refractivity contribution >= 4 is 11.6 Å². The molecular formula is C16H13FN4O2. The number of pyridine rings is 1. The summed E-state index contributed by atoms with van der Waals surface area (Å²) in [7, 11) is 1.50. The average Bonchev–Trinajstić information content (AvgIpc) is 2.98. The van der Waals surface area contributed by atoms with Crippen molar-refractivity contribution in [1.29, 1.82) is 0 Å². The van der Waals surface area contributed by atoms with Gasteiger partial charge in [0.25, 0.3) is 11.5 Å². The molecule has 0 unspecified atom stereocenters. The summed E-state index contributed by atoms with van der Waals surface area (Å²) in [6.07, 6.45) is 1.39. The normalized spacial score (nSPS) is 10.5. The van der Waals surface area contributed by atoms with Crippen molar-refractivity contribution < 1.29 is 9.18 Å². The first kappa shape index (κ1) is 14.7. The van der Waals surface area contributed by atoms with Crippen LogP contribution < -0.4 is 10.9 Å². The lowest BCUT2D eigenvalue weighted by atomic mass is 10.1. The lowest BCUT2D eigenvalue weighted by molar-refractivity contribution is 0.101. The fourth-order valence-electron chi connectivity index (χ4n) is 2.23. The van der Waals surface area contributed by atoms with Crippen LogP contribution in [0.5, 0.6) is 0 Å². The first-order valence-corrected chi connectivity index (χ1v) is 6.83. The van der Waals surface area contributed by atoms with Crippen molar-refractivity contribution in [3.05, 3.63) is 70.5 Å². The summed E-state index contributed by atoms with van der Waals surface area (Å²) in [4.78, 5) is 23.9. The van der Waals surface area contributed by atoms with E-state index in [1.165, 1.54) is 42.1 Å². The third kappa shape index (κ3) is 2.76. The molecule has 0 atom stereocenters. The molecule has 1 amide bonds. The quantitative estimate of drug-likeness (QED) is 0.778. The van der Waals surface area contributed by atoms with Crippen LogP contribution in [0.1, 0.15) is 10.5 Å². The van der Waals surface area contributed by atoms with Crippen LogP contribution in [0, 0.1) is 5.82 Å². The predicted octanol–water partition coefficient (Wildman–Crippen LogP) is 2.17. The largest absolute Gasteiger partial charge is 0.317 e. The molecule has 0 saturated heterocycles. The number of amides is 1. The smallest absolute Gasteiger partial charge is 0.272 e. The molecule has 0 aliphatic heterocycles. The molecule has 0 bridgehead atoms. The van der Waals surface area contributed by atoms with Gasteiger partial charge in [0, 0.05) is 18.7 Å². The summed E-state index contributed by atoms with van der Waals surface area (Å²) in [6.45, 7) is 0. The lowest BCUT2D eigenvalue weighted by Gasteiger charge is -2.09. The molecule has 3 rings (SSSR count). The van der Waals surface area contributed by atoms with Crippen LogP contribution in [0.4, 0.5) is 10.1 Å². The van der Waals surface area contributed by atoms with Gasteiger partial charge in [0.1, 0.15) is 11.5 Å². The molecular weight excluding hydrogens is 299 g/mol. The number of carbonyl (C=O) groups is 1. The van der Waals surface area contributed by atoms with Gasteiger partial charge in [-0.2, -0.15) is 5.10 Å². The number of carbonyl (C=O) groups excluding carboxylic acids is 1. The van der Waals surface area contributed by atoms with E-state index in [2.05, 4.69) is 15.5 Å². The van der Waals surface area contributed by atoms with Gasteiger partial charge < -0.3 is 9.88 Å². The maximum Gasteiger partial charge on any atom is 0.272 e. The van der Waals surface area contributed by atoms with Crippen LogP contribution in [0.3, 0.4) is 0 Å². The van der Waals surface area contributed by atoms with E-state index < -0.39 is 11.7 Å². The van der Waals surface area contributed by atoms with E-state index in [9.17, 15) is 14.0 Å². The Labute approximate surface area is 130 Å². The molecule has 0 aliphatic carbocycles. The number of nitrogens with zero attached hydrogens (tertiary/aromatic N) is 2. The summed E-state index contributed by atoms with van der Waals surface area (Å²) >= 11 is 0. The Balaban J connectivity index is 1.95. The van der Waals surface area contributed by atoms with Crippen molar-refractivity contribution in [2.75, 3.05) is 5.32 Å². The minimum atomic E-state index is -0.482. The highest BCUT2D eigenvalue weighted by Gasteiger charge is 2.16. The van der Waals surface area contributed by atoms with Gasteiger partial charge in [0.2, 0.25) is 0 Å². The van der Waals surface area contributed by atoms with E-state index in [-0.39, 0.29) is 11.3 Å². The minimum Gasteiger partial charge on any atom is -0.317 e. The molecule has 0 saturated carbocycles. The van der Waals surface area contributed by atoms with Crippen molar-refractivity contribution in [3.8, 4) is 11.3 Å². The van der Waals surface area contributed by atoms with Crippen LogP contribution in [-0.2, 0) is 7.05 Å². The Kier molecular flexibility index (Phi) is 3.76. The summed E-state index contributed by atoms with van der Waals surface area (Å²) in [5, 5.41) is 9.17. The second-order valence-corrected chi connectivity index (χ2v) is 4.90. The van der Waals surface area contributed by atoms with Gasteiger partial charge in [-0.25, -0.2) is 4.39 Å². The van der Waals surface area contributed by atoms with Crippen LogP contribution in [0.25, 0.3) is 11.3 Å². The number of hydrogen-bond donors (Lipinski definition) is 2. The highest BCUT2D eigenvalue weighted by Crippen LogP contribution is 2.27. The number of halogens is 1. The fraction of sp³-hybridized carbons (Fsp3) is 0.0625. The van der Waals surface area contributed by atoms with E-state index in [0.29, 0.717) is 16.9 Å². The van der Waals surface area contributed by atoms with Gasteiger partial charge in [-0.05, 0) is 18.2 Å². The number of hydrogen-bond acceptors (Lipinski definition) is 3. The Morgan fingerprint density at radius 2 is 2.00 bits per heavy atom. The van der Waals surface area contributed by atoms with Crippen molar-refractivity contribution in [2.45, 2.75) is 0 Å². The number of benzene rings is 1. The second-order valence-electron chi connectivity index (χ2n) is 4.90. The van der Waals surface area contributed by atoms with E-state index in [0.717, 1.165) is 0 Å². The number of anilines is 1. The van der Waals surface area contributed by atoms with Gasteiger partial charge in [-0.1, -0.05) is 18.2 Å². The molecule has 2 N–H and O–H groups in total. The first-order chi connectivity index (χ1) is 11.1. The summed E-state index contributed by atoms with van der Waals surface area (Å²) in [5.74, 6) is -0.913. The van der Waals surface area contributed by atoms with E-state index in [4.69, 9.17) is 0 Å².